The van der Waals surface area contributed by atoms with E-state index in [1.54, 1.807) is 0 Å². The average molecular weight is 240 g/mol. The van der Waals surface area contributed by atoms with Crippen LogP contribution in [0.5, 0.6) is 0 Å². The van der Waals surface area contributed by atoms with Crippen LogP contribution >= 0.6 is 0 Å². The maximum absolute atomic E-state index is 3.96. The molecular formula is C14H16N4. The van der Waals surface area contributed by atoms with Crippen molar-refractivity contribution in [3.8, 4) is 0 Å². The summed E-state index contributed by atoms with van der Waals surface area (Å²) in [4.78, 5) is 3.20. The van der Waals surface area contributed by atoms with Gasteiger partial charge in [-0.2, -0.15) is 5.10 Å². The van der Waals surface area contributed by atoms with Crippen LogP contribution in [0.2, 0.25) is 0 Å². The van der Waals surface area contributed by atoms with E-state index in [0.29, 0.717) is 6.04 Å². The molecule has 4 nitrogen and oxygen atoms in total. The molecule has 3 N–H and O–H groups in total. The molecule has 0 spiro atoms. The first kappa shape index (κ1) is 11.0. The molecule has 0 aliphatic heterocycles. The maximum Gasteiger partial charge on any atom is 0.0534 e. The Balaban J connectivity index is 1.69. The topological polar surface area (TPSA) is 56.5 Å². The van der Waals surface area contributed by atoms with Gasteiger partial charge in [0.25, 0.3) is 0 Å². The lowest BCUT2D eigenvalue weighted by Crippen LogP contribution is -2.17. The predicted octanol–water partition coefficient (Wildman–Crippen LogP) is 2.74. The summed E-state index contributed by atoms with van der Waals surface area (Å²) in [7, 11) is 0. The second kappa shape index (κ2) is 4.66. The van der Waals surface area contributed by atoms with Crippen LogP contribution in [-0.4, -0.2) is 15.2 Å². The van der Waals surface area contributed by atoms with E-state index in [2.05, 4.69) is 51.7 Å². The molecule has 2 aromatic heterocycles. The number of aromatic nitrogens is 3. The van der Waals surface area contributed by atoms with Gasteiger partial charge in [-0.3, -0.25) is 5.10 Å². The molecule has 0 aliphatic rings. The van der Waals surface area contributed by atoms with Crippen molar-refractivity contribution in [3.63, 3.8) is 0 Å². The highest BCUT2D eigenvalue weighted by Gasteiger charge is 2.05. The van der Waals surface area contributed by atoms with Gasteiger partial charge < -0.3 is 10.3 Å². The van der Waals surface area contributed by atoms with Crippen molar-refractivity contribution in [2.45, 2.75) is 19.5 Å². The number of benzene rings is 1. The summed E-state index contributed by atoms with van der Waals surface area (Å²) in [5.41, 5.74) is 3.65. The zero-order valence-corrected chi connectivity index (χ0v) is 10.3. The Labute approximate surface area is 105 Å². The predicted molar refractivity (Wildman–Crippen MR) is 72.1 cm³/mol. The van der Waals surface area contributed by atoms with E-state index in [4.69, 9.17) is 0 Å². The van der Waals surface area contributed by atoms with Crippen molar-refractivity contribution in [2.24, 2.45) is 0 Å². The van der Waals surface area contributed by atoms with Gasteiger partial charge in [0.15, 0.2) is 0 Å². The standard InChI is InChI=1S/C14H16N4/c1-10(13-8-17-18-9-13)16-7-11-2-3-14-12(6-11)4-5-15-14/h2-6,8-10,15-16H,7H2,1H3,(H,17,18). The van der Waals surface area contributed by atoms with E-state index in [1.807, 2.05) is 18.6 Å². The normalized spacial score (nSPS) is 12.9. The van der Waals surface area contributed by atoms with Crippen molar-refractivity contribution in [3.05, 3.63) is 54.0 Å². The fourth-order valence-corrected chi connectivity index (χ4v) is 2.10. The molecule has 1 aromatic carbocycles. The molecule has 4 heteroatoms. The Kier molecular flexibility index (Phi) is 2.86. The molecule has 3 aromatic rings. The van der Waals surface area contributed by atoms with Gasteiger partial charge in [-0.15, -0.1) is 0 Å². The molecule has 18 heavy (non-hydrogen) atoms. The van der Waals surface area contributed by atoms with Gasteiger partial charge in [0, 0.05) is 36.1 Å². The number of rotatable bonds is 4. The highest BCUT2D eigenvalue weighted by molar-refractivity contribution is 5.79. The molecule has 0 fully saturated rings. The lowest BCUT2D eigenvalue weighted by molar-refractivity contribution is 0.575. The van der Waals surface area contributed by atoms with Gasteiger partial charge in [-0.1, -0.05) is 6.07 Å². The summed E-state index contributed by atoms with van der Waals surface area (Å²) in [6.45, 7) is 2.99. The molecule has 3 rings (SSSR count). The minimum Gasteiger partial charge on any atom is -0.361 e. The second-order valence-corrected chi connectivity index (χ2v) is 4.53. The summed E-state index contributed by atoms with van der Waals surface area (Å²) in [5.74, 6) is 0. The van der Waals surface area contributed by atoms with Gasteiger partial charge in [-0.25, -0.2) is 0 Å². The first-order valence-corrected chi connectivity index (χ1v) is 6.11. The summed E-state index contributed by atoms with van der Waals surface area (Å²) in [5, 5.41) is 11.5. The van der Waals surface area contributed by atoms with Crippen LogP contribution in [0.4, 0.5) is 0 Å². The third-order valence-electron chi connectivity index (χ3n) is 3.25. The molecule has 92 valence electrons. The van der Waals surface area contributed by atoms with Gasteiger partial charge in [0.05, 0.1) is 6.20 Å². The van der Waals surface area contributed by atoms with Gasteiger partial charge in [-0.05, 0) is 36.1 Å². The first-order valence-electron chi connectivity index (χ1n) is 6.11. The third-order valence-corrected chi connectivity index (χ3v) is 3.25. The zero-order valence-electron chi connectivity index (χ0n) is 10.3. The molecular weight excluding hydrogens is 224 g/mol. The van der Waals surface area contributed by atoms with E-state index in [-0.39, 0.29) is 0 Å². The van der Waals surface area contributed by atoms with E-state index >= 15 is 0 Å². The zero-order chi connectivity index (χ0) is 12.4. The number of hydrogen-bond acceptors (Lipinski definition) is 2. The Hall–Kier alpha value is -2.07. The lowest BCUT2D eigenvalue weighted by Gasteiger charge is -2.11. The molecule has 0 amide bonds. The summed E-state index contributed by atoms with van der Waals surface area (Å²) >= 11 is 0. The number of nitrogens with one attached hydrogen (secondary N) is 3. The van der Waals surface area contributed by atoms with E-state index in [1.165, 1.54) is 22.0 Å². The van der Waals surface area contributed by atoms with Crippen LogP contribution in [0.15, 0.2) is 42.9 Å². The maximum atomic E-state index is 3.96. The number of aromatic amines is 2. The third kappa shape index (κ3) is 2.15. The van der Waals surface area contributed by atoms with Crippen LogP contribution in [0, 0.1) is 0 Å². The quantitative estimate of drug-likeness (QED) is 0.656. The highest BCUT2D eigenvalue weighted by atomic mass is 15.1. The second-order valence-electron chi connectivity index (χ2n) is 4.53. The molecule has 0 saturated carbocycles. The van der Waals surface area contributed by atoms with Gasteiger partial charge in [0.1, 0.15) is 0 Å². The molecule has 1 atom stereocenters. The number of fused-ring (bicyclic) bond motifs is 1. The summed E-state index contributed by atoms with van der Waals surface area (Å²) in [6, 6.07) is 8.87. The molecule has 0 radical (unpaired) electrons. The number of H-pyrrole nitrogens is 2. The van der Waals surface area contributed by atoms with Crippen LogP contribution in [0.25, 0.3) is 10.9 Å². The molecule has 2 heterocycles. The SMILES string of the molecule is CC(NCc1ccc2[nH]ccc2c1)c1cn[nH]c1. The fraction of sp³-hybridized carbons (Fsp3) is 0.214. The number of hydrogen-bond donors (Lipinski definition) is 3. The van der Waals surface area contributed by atoms with Crippen molar-refractivity contribution >= 4 is 10.9 Å². The summed E-state index contributed by atoms with van der Waals surface area (Å²) < 4.78 is 0. The van der Waals surface area contributed by atoms with Crippen molar-refractivity contribution in [2.75, 3.05) is 0 Å². The van der Waals surface area contributed by atoms with Crippen LogP contribution in [-0.2, 0) is 6.54 Å². The van der Waals surface area contributed by atoms with Crippen LogP contribution in [0.1, 0.15) is 24.1 Å². The van der Waals surface area contributed by atoms with Crippen molar-refractivity contribution < 1.29 is 0 Å². The Morgan fingerprint density at radius 2 is 2.28 bits per heavy atom. The van der Waals surface area contributed by atoms with E-state index in [0.717, 1.165) is 6.54 Å². The molecule has 0 bridgehead atoms. The first-order chi connectivity index (χ1) is 8.83. The monoisotopic (exact) mass is 240 g/mol. The Morgan fingerprint density at radius 1 is 1.33 bits per heavy atom. The largest absolute Gasteiger partial charge is 0.361 e. The van der Waals surface area contributed by atoms with E-state index in [9.17, 15) is 0 Å². The number of nitrogens with zero attached hydrogens (tertiary/aromatic N) is 1. The van der Waals surface area contributed by atoms with Gasteiger partial charge in [0.2, 0.25) is 0 Å². The Morgan fingerprint density at radius 3 is 3.11 bits per heavy atom. The fourth-order valence-electron chi connectivity index (χ4n) is 2.10. The minimum absolute atomic E-state index is 0.297. The van der Waals surface area contributed by atoms with Crippen LogP contribution in [0.3, 0.4) is 0 Å². The van der Waals surface area contributed by atoms with E-state index < -0.39 is 0 Å². The Bertz CT molecular complexity index is 624. The highest BCUT2D eigenvalue weighted by Crippen LogP contribution is 2.15. The smallest absolute Gasteiger partial charge is 0.0534 e. The molecule has 0 aliphatic carbocycles. The minimum atomic E-state index is 0.297. The lowest BCUT2D eigenvalue weighted by atomic mass is 10.1. The molecule has 1 unspecified atom stereocenters. The average Bonchev–Trinajstić information content (AvgIpc) is 3.05. The van der Waals surface area contributed by atoms with Crippen molar-refractivity contribution in [1.82, 2.24) is 20.5 Å². The van der Waals surface area contributed by atoms with Gasteiger partial charge >= 0.3 is 0 Å². The van der Waals surface area contributed by atoms with Crippen LogP contribution < -0.4 is 5.32 Å². The van der Waals surface area contributed by atoms with Crippen molar-refractivity contribution in [1.29, 1.82) is 0 Å². The molecule has 0 saturated heterocycles. The summed E-state index contributed by atoms with van der Waals surface area (Å²) in [6.07, 6.45) is 5.75.